The van der Waals surface area contributed by atoms with Gasteiger partial charge in [-0.05, 0) is 39.2 Å². The molecule has 0 aliphatic rings. The third-order valence-electron chi connectivity index (χ3n) is 3.74. The third kappa shape index (κ3) is 3.60. The molecule has 5 heteroatoms. The quantitative estimate of drug-likeness (QED) is 0.831. The number of amides is 1. The molecule has 0 spiro atoms. The average Bonchev–Trinajstić information content (AvgIpc) is 2.79. The Morgan fingerprint density at radius 3 is 2.81 bits per heavy atom. The van der Waals surface area contributed by atoms with Gasteiger partial charge in [0.05, 0.1) is 5.69 Å². The molecule has 21 heavy (non-hydrogen) atoms. The van der Waals surface area contributed by atoms with Crippen LogP contribution < -0.4 is 5.32 Å². The monoisotopic (exact) mass is 288 g/mol. The summed E-state index contributed by atoms with van der Waals surface area (Å²) in [6.07, 6.45) is 3.33. The number of nitrogens with one attached hydrogen (secondary N) is 1. The zero-order valence-corrected chi connectivity index (χ0v) is 13.4. The molecule has 0 saturated carbocycles. The van der Waals surface area contributed by atoms with E-state index in [9.17, 15) is 4.79 Å². The second-order valence-electron chi connectivity index (χ2n) is 5.52. The summed E-state index contributed by atoms with van der Waals surface area (Å²) >= 11 is 0. The first-order chi connectivity index (χ1) is 10.0. The Labute approximate surface area is 125 Å². The van der Waals surface area contributed by atoms with Crippen molar-refractivity contribution in [1.29, 1.82) is 0 Å². The molecule has 0 unspecified atom stereocenters. The lowest BCUT2D eigenvalue weighted by Gasteiger charge is -2.11. The number of hydrogen-bond donors (Lipinski definition) is 1. The van der Waals surface area contributed by atoms with Crippen molar-refractivity contribution in [2.45, 2.75) is 53.4 Å². The van der Waals surface area contributed by atoms with Crippen molar-refractivity contribution in [2.24, 2.45) is 0 Å². The Morgan fingerprint density at radius 2 is 2.10 bits per heavy atom. The van der Waals surface area contributed by atoms with Crippen LogP contribution in [0, 0.1) is 20.8 Å². The molecular formula is C16H24N4O. The summed E-state index contributed by atoms with van der Waals surface area (Å²) in [5.74, 6) is 0.110. The number of rotatable bonds is 6. The summed E-state index contributed by atoms with van der Waals surface area (Å²) in [4.78, 5) is 16.4. The molecule has 1 amide bonds. The van der Waals surface area contributed by atoms with Crippen molar-refractivity contribution in [1.82, 2.24) is 19.9 Å². The SMILES string of the molecule is CCCCNC(=O)CCc1c(C)nc2cc(C)nn2c1C. The van der Waals surface area contributed by atoms with E-state index < -0.39 is 0 Å². The smallest absolute Gasteiger partial charge is 0.220 e. The molecule has 2 heterocycles. The number of aromatic nitrogens is 3. The van der Waals surface area contributed by atoms with Crippen molar-refractivity contribution >= 4 is 11.6 Å². The number of carbonyl (C=O) groups is 1. The van der Waals surface area contributed by atoms with Crippen LogP contribution in [0.3, 0.4) is 0 Å². The van der Waals surface area contributed by atoms with Crippen molar-refractivity contribution in [3.05, 3.63) is 28.7 Å². The lowest BCUT2D eigenvalue weighted by molar-refractivity contribution is -0.121. The molecule has 5 nitrogen and oxygen atoms in total. The molecule has 2 aromatic heterocycles. The first-order valence-corrected chi connectivity index (χ1v) is 7.62. The van der Waals surface area contributed by atoms with Crippen LogP contribution in [0.1, 0.15) is 48.8 Å². The number of carbonyl (C=O) groups excluding carboxylic acids is 1. The number of unbranched alkanes of at least 4 members (excludes halogenated alkanes) is 1. The van der Waals surface area contributed by atoms with E-state index in [1.54, 1.807) is 0 Å². The van der Waals surface area contributed by atoms with Crippen molar-refractivity contribution < 1.29 is 4.79 Å². The molecule has 2 rings (SSSR count). The molecule has 1 N–H and O–H groups in total. The highest BCUT2D eigenvalue weighted by Gasteiger charge is 2.12. The van der Waals surface area contributed by atoms with E-state index in [1.807, 2.05) is 31.4 Å². The van der Waals surface area contributed by atoms with Gasteiger partial charge in [-0.3, -0.25) is 4.79 Å². The molecule has 0 atom stereocenters. The van der Waals surface area contributed by atoms with Gasteiger partial charge in [0.1, 0.15) is 0 Å². The van der Waals surface area contributed by atoms with Crippen LogP contribution in [-0.2, 0) is 11.2 Å². The molecule has 0 radical (unpaired) electrons. The average molecular weight is 288 g/mol. The van der Waals surface area contributed by atoms with E-state index in [0.717, 1.165) is 47.7 Å². The maximum atomic E-state index is 11.8. The van der Waals surface area contributed by atoms with Crippen molar-refractivity contribution in [3.8, 4) is 0 Å². The largest absolute Gasteiger partial charge is 0.356 e. The van der Waals surface area contributed by atoms with Gasteiger partial charge in [-0.25, -0.2) is 9.50 Å². The standard InChI is InChI=1S/C16H24N4O/c1-5-6-9-17-16(21)8-7-14-12(3)18-15-10-11(2)19-20(15)13(14)4/h10H,5-9H2,1-4H3,(H,17,21). The van der Waals surface area contributed by atoms with E-state index in [1.165, 1.54) is 0 Å². The minimum absolute atomic E-state index is 0.110. The maximum Gasteiger partial charge on any atom is 0.220 e. The second kappa shape index (κ2) is 6.70. The number of hydrogen-bond acceptors (Lipinski definition) is 3. The molecule has 2 aromatic rings. The van der Waals surface area contributed by atoms with Crippen molar-refractivity contribution in [3.63, 3.8) is 0 Å². The summed E-state index contributed by atoms with van der Waals surface area (Å²) in [6.45, 7) is 8.89. The van der Waals surface area contributed by atoms with Crippen LogP contribution in [0.25, 0.3) is 5.65 Å². The summed E-state index contributed by atoms with van der Waals surface area (Å²) in [5, 5.41) is 7.41. The van der Waals surface area contributed by atoms with E-state index in [0.29, 0.717) is 12.8 Å². The maximum absolute atomic E-state index is 11.8. The van der Waals surface area contributed by atoms with Gasteiger partial charge >= 0.3 is 0 Å². The van der Waals surface area contributed by atoms with Crippen LogP contribution in [0.4, 0.5) is 0 Å². The van der Waals surface area contributed by atoms with Gasteiger partial charge in [0, 0.05) is 30.4 Å². The van der Waals surface area contributed by atoms with Gasteiger partial charge in [-0.2, -0.15) is 5.10 Å². The van der Waals surface area contributed by atoms with Gasteiger partial charge in [-0.1, -0.05) is 13.3 Å². The van der Waals surface area contributed by atoms with Gasteiger partial charge < -0.3 is 5.32 Å². The number of aryl methyl sites for hydroxylation is 3. The molecule has 0 saturated heterocycles. The van der Waals surface area contributed by atoms with Gasteiger partial charge in [-0.15, -0.1) is 0 Å². The molecule has 0 aliphatic heterocycles. The number of nitrogens with zero attached hydrogens (tertiary/aromatic N) is 3. The first-order valence-electron chi connectivity index (χ1n) is 7.62. The lowest BCUT2D eigenvalue weighted by atomic mass is 10.1. The fourth-order valence-electron chi connectivity index (χ4n) is 2.53. The second-order valence-corrected chi connectivity index (χ2v) is 5.52. The van der Waals surface area contributed by atoms with E-state index >= 15 is 0 Å². The Hall–Kier alpha value is -1.91. The van der Waals surface area contributed by atoms with E-state index in [4.69, 9.17) is 0 Å². The van der Waals surface area contributed by atoms with Crippen LogP contribution >= 0.6 is 0 Å². The molecule has 114 valence electrons. The highest BCUT2D eigenvalue weighted by Crippen LogP contribution is 2.16. The highest BCUT2D eigenvalue weighted by atomic mass is 16.1. The van der Waals surface area contributed by atoms with E-state index in [-0.39, 0.29) is 5.91 Å². The fourth-order valence-corrected chi connectivity index (χ4v) is 2.53. The van der Waals surface area contributed by atoms with Crippen LogP contribution in [0.15, 0.2) is 6.07 Å². The van der Waals surface area contributed by atoms with Gasteiger partial charge in [0.15, 0.2) is 5.65 Å². The molecule has 0 aromatic carbocycles. The minimum Gasteiger partial charge on any atom is -0.356 e. The third-order valence-corrected chi connectivity index (χ3v) is 3.74. The number of fused-ring (bicyclic) bond motifs is 1. The van der Waals surface area contributed by atoms with Crippen LogP contribution in [0.5, 0.6) is 0 Å². The normalized spacial score (nSPS) is 11.0. The summed E-state index contributed by atoms with van der Waals surface area (Å²) < 4.78 is 1.87. The Balaban J connectivity index is 2.09. The summed E-state index contributed by atoms with van der Waals surface area (Å²) in [6, 6.07) is 1.97. The fraction of sp³-hybridized carbons (Fsp3) is 0.562. The Kier molecular flexibility index (Phi) is 4.94. The van der Waals surface area contributed by atoms with Crippen molar-refractivity contribution in [2.75, 3.05) is 6.54 Å². The van der Waals surface area contributed by atoms with Gasteiger partial charge in [0.2, 0.25) is 5.91 Å². The highest BCUT2D eigenvalue weighted by molar-refractivity contribution is 5.76. The summed E-state index contributed by atoms with van der Waals surface area (Å²) in [5.41, 5.74) is 5.02. The zero-order chi connectivity index (χ0) is 15.4. The predicted molar refractivity (Wildman–Crippen MR) is 83.4 cm³/mol. The molecule has 0 fully saturated rings. The minimum atomic E-state index is 0.110. The van der Waals surface area contributed by atoms with Gasteiger partial charge in [0.25, 0.3) is 0 Å². The van der Waals surface area contributed by atoms with E-state index in [2.05, 4.69) is 22.3 Å². The zero-order valence-electron chi connectivity index (χ0n) is 13.4. The van der Waals surface area contributed by atoms with Crippen LogP contribution in [-0.4, -0.2) is 27.0 Å². The molecule has 0 bridgehead atoms. The summed E-state index contributed by atoms with van der Waals surface area (Å²) in [7, 11) is 0. The topological polar surface area (TPSA) is 59.3 Å². The Morgan fingerprint density at radius 1 is 1.33 bits per heavy atom. The molecule has 0 aliphatic carbocycles. The molecular weight excluding hydrogens is 264 g/mol. The Bertz CT molecular complexity index is 645. The first kappa shape index (κ1) is 15.5. The lowest BCUT2D eigenvalue weighted by Crippen LogP contribution is -2.24. The van der Waals surface area contributed by atoms with Crippen LogP contribution in [0.2, 0.25) is 0 Å². The predicted octanol–water partition coefficient (Wildman–Crippen LogP) is 2.50.